The second-order valence-electron chi connectivity index (χ2n) is 3.15. The zero-order valence-electron chi connectivity index (χ0n) is 7.74. The molecular weight excluding hydrogens is 178 g/mol. The molecule has 1 N–H and O–H groups in total. The van der Waals surface area contributed by atoms with Gasteiger partial charge in [0.25, 0.3) is 0 Å². The molecule has 0 unspecified atom stereocenters. The summed E-state index contributed by atoms with van der Waals surface area (Å²) in [7, 11) is 1.71. The van der Waals surface area contributed by atoms with Crippen LogP contribution in [0.5, 0.6) is 0 Å². The van der Waals surface area contributed by atoms with Gasteiger partial charge < -0.3 is 10.2 Å². The van der Waals surface area contributed by atoms with Gasteiger partial charge in [-0.2, -0.15) is 5.26 Å². The number of likely N-dealkylation sites (N-methyl/N-ethyl adjacent to an activating group) is 1. The molecule has 0 atom stereocenters. The SMILES string of the molecule is CN1C(=O)CNc2ccc(C#N)cc21. The Labute approximate surface area is 81.7 Å². The fourth-order valence-corrected chi connectivity index (χ4v) is 1.45. The number of benzene rings is 1. The molecule has 1 aromatic rings. The molecule has 0 saturated carbocycles. The molecule has 4 heteroatoms. The minimum absolute atomic E-state index is 0.00703. The van der Waals surface area contributed by atoms with Gasteiger partial charge in [-0.1, -0.05) is 0 Å². The maximum absolute atomic E-state index is 11.3. The molecule has 1 amide bonds. The molecule has 70 valence electrons. The maximum Gasteiger partial charge on any atom is 0.246 e. The Morgan fingerprint density at radius 2 is 2.36 bits per heavy atom. The lowest BCUT2D eigenvalue weighted by atomic mass is 10.1. The van der Waals surface area contributed by atoms with Gasteiger partial charge >= 0.3 is 0 Å². The molecule has 1 aliphatic heterocycles. The van der Waals surface area contributed by atoms with Crippen molar-refractivity contribution in [2.24, 2.45) is 0 Å². The van der Waals surface area contributed by atoms with Crippen LogP contribution in [0.1, 0.15) is 5.56 Å². The number of amides is 1. The van der Waals surface area contributed by atoms with E-state index in [0.717, 1.165) is 11.4 Å². The molecule has 0 aromatic heterocycles. The van der Waals surface area contributed by atoms with Crippen LogP contribution in [0.25, 0.3) is 0 Å². The summed E-state index contributed by atoms with van der Waals surface area (Å²) >= 11 is 0. The highest BCUT2D eigenvalue weighted by Gasteiger charge is 2.20. The first kappa shape index (κ1) is 8.57. The van der Waals surface area contributed by atoms with Crippen LogP contribution in [0, 0.1) is 11.3 Å². The number of fused-ring (bicyclic) bond motifs is 1. The van der Waals surface area contributed by atoms with E-state index >= 15 is 0 Å². The number of carbonyl (C=O) groups excluding carboxylic acids is 1. The van der Waals surface area contributed by atoms with Crippen LogP contribution in [0.3, 0.4) is 0 Å². The number of carbonyl (C=O) groups is 1. The smallest absolute Gasteiger partial charge is 0.246 e. The van der Waals surface area contributed by atoms with E-state index in [-0.39, 0.29) is 5.91 Å². The zero-order chi connectivity index (χ0) is 10.1. The maximum atomic E-state index is 11.3. The number of anilines is 2. The molecule has 1 heterocycles. The van der Waals surface area contributed by atoms with Crippen molar-refractivity contribution in [2.45, 2.75) is 0 Å². The lowest BCUT2D eigenvalue weighted by molar-refractivity contribution is -0.116. The monoisotopic (exact) mass is 187 g/mol. The van der Waals surface area contributed by atoms with Gasteiger partial charge in [0, 0.05) is 7.05 Å². The normalized spacial score (nSPS) is 14.3. The van der Waals surface area contributed by atoms with Gasteiger partial charge in [0.05, 0.1) is 29.6 Å². The van der Waals surface area contributed by atoms with Crippen LogP contribution in [0.2, 0.25) is 0 Å². The minimum atomic E-state index is 0.00703. The number of hydrogen-bond acceptors (Lipinski definition) is 3. The molecule has 0 radical (unpaired) electrons. The zero-order valence-corrected chi connectivity index (χ0v) is 7.74. The van der Waals surface area contributed by atoms with Gasteiger partial charge in [-0.25, -0.2) is 0 Å². The quantitative estimate of drug-likeness (QED) is 0.657. The summed E-state index contributed by atoms with van der Waals surface area (Å²) in [6.45, 7) is 0.315. The van der Waals surface area contributed by atoms with Gasteiger partial charge in [-0.05, 0) is 18.2 Å². The van der Waals surface area contributed by atoms with Gasteiger partial charge in [0.15, 0.2) is 0 Å². The first-order chi connectivity index (χ1) is 6.72. The predicted octanol–water partition coefficient (Wildman–Crippen LogP) is 0.947. The molecule has 0 bridgehead atoms. The Bertz CT molecular complexity index is 433. The average Bonchev–Trinajstić information content (AvgIpc) is 2.23. The van der Waals surface area contributed by atoms with Crippen molar-refractivity contribution in [3.8, 4) is 6.07 Å². The van der Waals surface area contributed by atoms with Crippen molar-refractivity contribution in [1.82, 2.24) is 0 Å². The van der Waals surface area contributed by atoms with E-state index in [1.165, 1.54) is 0 Å². The fraction of sp³-hybridized carbons (Fsp3) is 0.200. The van der Waals surface area contributed by atoms with Crippen LogP contribution >= 0.6 is 0 Å². The minimum Gasteiger partial charge on any atom is -0.374 e. The highest BCUT2D eigenvalue weighted by molar-refractivity contribution is 6.02. The van der Waals surface area contributed by atoms with Gasteiger partial charge in [0.2, 0.25) is 5.91 Å². The highest BCUT2D eigenvalue weighted by atomic mass is 16.2. The largest absolute Gasteiger partial charge is 0.374 e. The Morgan fingerprint density at radius 1 is 1.57 bits per heavy atom. The molecule has 0 fully saturated rings. The molecule has 1 aromatic carbocycles. The standard InChI is InChI=1S/C10H9N3O/c1-13-9-4-7(5-11)2-3-8(9)12-6-10(13)14/h2-4,12H,6H2,1H3. The Hall–Kier alpha value is -2.02. The lowest BCUT2D eigenvalue weighted by Gasteiger charge is -2.26. The van der Waals surface area contributed by atoms with E-state index in [1.807, 2.05) is 12.1 Å². The van der Waals surface area contributed by atoms with E-state index in [1.54, 1.807) is 24.1 Å². The van der Waals surface area contributed by atoms with Gasteiger partial charge in [-0.3, -0.25) is 4.79 Å². The fourth-order valence-electron chi connectivity index (χ4n) is 1.45. The third-order valence-electron chi connectivity index (χ3n) is 2.29. The van der Waals surface area contributed by atoms with Crippen molar-refractivity contribution >= 4 is 17.3 Å². The van der Waals surface area contributed by atoms with Gasteiger partial charge in [0.1, 0.15) is 0 Å². The molecule has 0 spiro atoms. The molecule has 14 heavy (non-hydrogen) atoms. The van der Waals surface area contributed by atoms with Crippen molar-refractivity contribution in [1.29, 1.82) is 5.26 Å². The van der Waals surface area contributed by atoms with E-state index < -0.39 is 0 Å². The third kappa shape index (κ3) is 1.19. The molecule has 0 saturated heterocycles. The van der Waals surface area contributed by atoms with E-state index in [4.69, 9.17) is 5.26 Å². The van der Waals surface area contributed by atoms with Crippen molar-refractivity contribution in [2.75, 3.05) is 23.8 Å². The Morgan fingerprint density at radius 3 is 3.07 bits per heavy atom. The lowest BCUT2D eigenvalue weighted by Crippen LogP contribution is -2.36. The molecular formula is C10H9N3O. The van der Waals surface area contributed by atoms with E-state index in [9.17, 15) is 4.79 Å². The van der Waals surface area contributed by atoms with Crippen LogP contribution in [-0.2, 0) is 4.79 Å². The second kappa shape index (κ2) is 3.04. The van der Waals surface area contributed by atoms with E-state index in [2.05, 4.69) is 5.32 Å². The Kier molecular flexibility index (Phi) is 1.86. The first-order valence-electron chi connectivity index (χ1n) is 4.27. The van der Waals surface area contributed by atoms with Crippen LogP contribution in [0.4, 0.5) is 11.4 Å². The summed E-state index contributed by atoms with van der Waals surface area (Å²) in [6, 6.07) is 7.30. The highest BCUT2D eigenvalue weighted by Crippen LogP contribution is 2.28. The topological polar surface area (TPSA) is 56.1 Å². The number of nitriles is 1. The predicted molar refractivity (Wildman–Crippen MR) is 53.1 cm³/mol. The van der Waals surface area contributed by atoms with E-state index in [0.29, 0.717) is 12.1 Å². The van der Waals surface area contributed by atoms with Crippen LogP contribution in [-0.4, -0.2) is 19.5 Å². The summed E-state index contributed by atoms with van der Waals surface area (Å²) in [4.78, 5) is 12.9. The Balaban J connectivity index is 2.52. The number of hydrogen-bond donors (Lipinski definition) is 1. The summed E-state index contributed by atoms with van der Waals surface area (Å²) in [6.07, 6.45) is 0. The summed E-state index contributed by atoms with van der Waals surface area (Å²) in [5.41, 5.74) is 2.22. The third-order valence-corrected chi connectivity index (χ3v) is 2.29. The molecule has 1 aliphatic rings. The molecule has 4 nitrogen and oxygen atoms in total. The summed E-state index contributed by atoms with van der Waals surface area (Å²) in [5, 5.41) is 11.7. The van der Waals surface area contributed by atoms with Crippen LogP contribution in [0.15, 0.2) is 18.2 Å². The van der Waals surface area contributed by atoms with Crippen molar-refractivity contribution in [3.05, 3.63) is 23.8 Å². The van der Waals surface area contributed by atoms with Crippen molar-refractivity contribution in [3.63, 3.8) is 0 Å². The summed E-state index contributed by atoms with van der Waals surface area (Å²) in [5.74, 6) is 0.00703. The number of rotatable bonds is 0. The number of nitrogens with zero attached hydrogens (tertiary/aromatic N) is 2. The van der Waals surface area contributed by atoms with Crippen molar-refractivity contribution < 1.29 is 4.79 Å². The first-order valence-corrected chi connectivity index (χ1v) is 4.27. The number of nitrogens with one attached hydrogen (secondary N) is 1. The average molecular weight is 187 g/mol. The molecule has 0 aliphatic carbocycles. The second-order valence-corrected chi connectivity index (χ2v) is 3.15. The van der Waals surface area contributed by atoms with Gasteiger partial charge in [-0.15, -0.1) is 0 Å². The summed E-state index contributed by atoms with van der Waals surface area (Å²) < 4.78 is 0. The van der Waals surface area contributed by atoms with Crippen LogP contribution < -0.4 is 10.2 Å². The molecule has 2 rings (SSSR count).